The minimum atomic E-state index is -0.219. The highest BCUT2D eigenvalue weighted by molar-refractivity contribution is 6.02. The van der Waals surface area contributed by atoms with Crippen LogP contribution in [0, 0.1) is 0 Å². The Bertz CT molecular complexity index is 1170. The van der Waals surface area contributed by atoms with E-state index in [1.54, 1.807) is 12.1 Å². The molecule has 5 rings (SSSR count). The topological polar surface area (TPSA) is 61.9 Å². The largest absolute Gasteiger partial charge is 0.482 e. The van der Waals surface area contributed by atoms with E-state index in [1.165, 1.54) is 36.4 Å². The summed E-state index contributed by atoms with van der Waals surface area (Å²) in [5.41, 5.74) is 5.22. The van der Waals surface area contributed by atoms with Gasteiger partial charge in [-0.05, 0) is 60.3 Å². The van der Waals surface area contributed by atoms with Crippen LogP contribution in [0.25, 0.3) is 11.1 Å². The third-order valence-corrected chi connectivity index (χ3v) is 6.47. The minimum absolute atomic E-state index is 0.0351. The van der Waals surface area contributed by atoms with E-state index in [2.05, 4.69) is 40.5 Å². The fourth-order valence-corrected chi connectivity index (χ4v) is 4.67. The van der Waals surface area contributed by atoms with Gasteiger partial charge in [-0.1, -0.05) is 60.7 Å². The molecule has 2 amide bonds. The molecule has 1 N–H and O–H groups in total. The predicted molar refractivity (Wildman–Crippen MR) is 133 cm³/mol. The lowest BCUT2D eigenvalue weighted by Crippen LogP contribution is -2.45. The zero-order valence-corrected chi connectivity index (χ0v) is 19.2. The summed E-state index contributed by atoms with van der Waals surface area (Å²) in [6, 6.07) is 24.1. The van der Waals surface area contributed by atoms with Gasteiger partial charge in [0.2, 0.25) is 5.91 Å². The van der Waals surface area contributed by atoms with Crippen LogP contribution in [-0.4, -0.2) is 43.0 Å². The second-order valence-electron chi connectivity index (χ2n) is 8.85. The summed E-state index contributed by atoms with van der Waals surface area (Å²) < 4.78 is 5.46. The molecule has 2 aliphatic heterocycles. The third kappa shape index (κ3) is 4.97. The highest BCUT2D eigenvalue weighted by Gasteiger charge is 2.26. The van der Waals surface area contributed by atoms with E-state index in [9.17, 15) is 9.59 Å². The van der Waals surface area contributed by atoms with E-state index in [4.69, 9.17) is 4.74 Å². The molecule has 174 valence electrons. The van der Waals surface area contributed by atoms with Crippen molar-refractivity contribution in [3.8, 4) is 16.9 Å². The lowest BCUT2D eigenvalue weighted by atomic mass is 9.98. The first-order valence-corrected chi connectivity index (χ1v) is 11.9. The molecular weight excluding hydrogens is 426 g/mol. The van der Waals surface area contributed by atoms with Crippen LogP contribution in [0.5, 0.6) is 5.75 Å². The lowest BCUT2D eigenvalue weighted by molar-refractivity contribution is -0.125. The highest BCUT2D eigenvalue weighted by Crippen LogP contribution is 2.31. The molecule has 6 heteroatoms. The van der Waals surface area contributed by atoms with Crippen molar-refractivity contribution in [2.24, 2.45) is 0 Å². The van der Waals surface area contributed by atoms with Crippen LogP contribution in [0.15, 0.2) is 72.8 Å². The summed E-state index contributed by atoms with van der Waals surface area (Å²) in [5, 5.41) is 2.99. The molecule has 0 radical (unpaired) electrons. The summed E-state index contributed by atoms with van der Waals surface area (Å²) in [6.45, 7) is 3.68. The van der Waals surface area contributed by atoms with E-state index in [0.29, 0.717) is 18.0 Å². The first kappa shape index (κ1) is 22.2. The normalized spacial score (nSPS) is 15.6. The summed E-state index contributed by atoms with van der Waals surface area (Å²) in [4.78, 5) is 29.1. The van der Waals surface area contributed by atoms with Crippen LogP contribution in [0.1, 0.15) is 24.0 Å². The summed E-state index contributed by atoms with van der Waals surface area (Å²) >= 11 is 0. The maximum atomic E-state index is 12.7. The Morgan fingerprint density at radius 2 is 1.65 bits per heavy atom. The molecule has 3 aromatic rings. The Labute approximate surface area is 200 Å². The van der Waals surface area contributed by atoms with Crippen molar-refractivity contribution in [1.29, 1.82) is 0 Å². The SMILES string of the molecule is O=C(CN1C(=O)COc2ccccc21)NCc1ccccc1-c1ccc(CN2CCCC2)cc1. The molecule has 1 saturated heterocycles. The van der Waals surface area contributed by atoms with Gasteiger partial charge >= 0.3 is 0 Å². The zero-order chi connectivity index (χ0) is 23.3. The summed E-state index contributed by atoms with van der Waals surface area (Å²) in [6.07, 6.45) is 2.59. The first-order chi connectivity index (χ1) is 16.7. The van der Waals surface area contributed by atoms with Gasteiger partial charge in [0.05, 0.1) is 5.69 Å². The van der Waals surface area contributed by atoms with Crippen LogP contribution >= 0.6 is 0 Å². The number of para-hydroxylation sites is 2. The van der Waals surface area contributed by atoms with Gasteiger partial charge in [-0.3, -0.25) is 19.4 Å². The Hall–Kier alpha value is -3.64. The van der Waals surface area contributed by atoms with E-state index in [0.717, 1.165) is 23.2 Å². The van der Waals surface area contributed by atoms with Crippen molar-refractivity contribution in [2.45, 2.75) is 25.9 Å². The number of fused-ring (bicyclic) bond motifs is 1. The van der Waals surface area contributed by atoms with Gasteiger partial charge in [-0.15, -0.1) is 0 Å². The molecule has 0 unspecified atom stereocenters. The molecule has 0 spiro atoms. The second-order valence-corrected chi connectivity index (χ2v) is 8.85. The predicted octanol–water partition coefficient (Wildman–Crippen LogP) is 3.99. The van der Waals surface area contributed by atoms with Crippen LogP contribution in [0.4, 0.5) is 5.69 Å². The van der Waals surface area contributed by atoms with Crippen LogP contribution in [0.2, 0.25) is 0 Å². The van der Waals surface area contributed by atoms with Crippen LogP contribution in [-0.2, 0) is 22.7 Å². The number of ether oxygens (including phenoxy) is 1. The van der Waals surface area contributed by atoms with Crippen molar-refractivity contribution in [2.75, 3.05) is 31.1 Å². The molecule has 0 aromatic heterocycles. The summed E-state index contributed by atoms with van der Waals surface area (Å²) in [7, 11) is 0. The van der Waals surface area contributed by atoms with Crippen molar-refractivity contribution in [3.63, 3.8) is 0 Å². The lowest BCUT2D eigenvalue weighted by Gasteiger charge is -2.28. The van der Waals surface area contributed by atoms with Crippen LogP contribution in [0.3, 0.4) is 0 Å². The molecule has 0 bridgehead atoms. The number of amides is 2. The number of hydrogen-bond donors (Lipinski definition) is 1. The number of anilines is 1. The molecular formula is C28H29N3O3. The first-order valence-electron chi connectivity index (χ1n) is 11.9. The maximum Gasteiger partial charge on any atom is 0.265 e. The molecule has 6 nitrogen and oxygen atoms in total. The van der Waals surface area contributed by atoms with Gasteiger partial charge in [0, 0.05) is 13.1 Å². The molecule has 3 aromatic carbocycles. The molecule has 34 heavy (non-hydrogen) atoms. The Balaban J connectivity index is 1.24. The Morgan fingerprint density at radius 3 is 2.47 bits per heavy atom. The quantitative estimate of drug-likeness (QED) is 0.585. The fourth-order valence-electron chi connectivity index (χ4n) is 4.67. The van der Waals surface area contributed by atoms with Crippen molar-refractivity contribution in [3.05, 3.63) is 83.9 Å². The molecule has 1 fully saturated rings. The maximum absolute atomic E-state index is 12.7. The van der Waals surface area contributed by atoms with E-state index < -0.39 is 0 Å². The van der Waals surface area contributed by atoms with Gasteiger partial charge in [0.1, 0.15) is 12.3 Å². The van der Waals surface area contributed by atoms with Gasteiger partial charge in [-0.25, -0.2) is 0 Å². The van der Waals surface area contributed by atoms with Gasteiger partial charge in [0.15, 0.2) is 6.61 Å². The zero-order valence-electron chi connectivity index (χ0n) is 19.2. The number of carbonyl (C=O) groups is 2. The Kier molecular flexibility index (Phi) is 6.58. The van der Waals surface area contributed by atoms with E-state index in [-0.39, 0.29) is 25.0 Å². The highest BCUT2D eigenvalue weighted by atomic mass is 16.5. The number of nitrogens with zero attached hydrogens (tertiary/aromatic N) is 2. The average molecular weight is 456 g/mol. The van der Waals surface area contributed by atoms with Crippen molar-refractivity contribution < 1.29 is 14.3 Å². The molecule has 0 aliphatic carbocycles. The standard InChI is InChI=1S/C28H29N3O3/c32-27(19-31-25-9-3-4-10-26(25)34-20-28(31)33)29-17-23-7-1-2-8-24(23)22-13-11-21(12-14-22)18-30-15-5-6-16-30/h1-4,7-14H,5-6,15-20H2,(H,29,32). The van der Waals surface area contributed by atoms with Gasteiger partial charge < -0.3 is 10.1 Å². The molecule has 2 aliphatic rings. The number of rotatable bonds is 7. The average Bonchev–Trinajstić information content (AvgIpc) is 3.38. The van der Waals surface area contributed by atoms with Gasteiger partial charge in [-0.2, -0.15) is 0 Å². The van der Waals surface area contributed by atoms with Gasteiger partial charge in [0.25, 0.3) is 5.91 Å². The monoisotopic (exact) mass is 455 g/mol. The van der Waals surface area contributed by atoms with E-state index >= 15 is 0 Å². The fraction of sp³-hybridized carbons (Fsp3) is 0.286. The number of nitrogens with one attached hydrogen (secondary N) is 1. The van der Waals surface area contributed by atoms with E-state index in [1.807, 2.05) is 30.3 Å². The molecule has 2 heterocycles. The van der Waals surface area contributed by atoms with Crippen LogP contribution < -0.4 is 15.0 Å². The number of hydrogen-bond acceptors (Lipinski definition) is 4. The number of likely N-dealkylation sites (tertiary alicyclic amines) is 1. The Morgan fingerprint density at radius 1 is 0.912 bits per heavy atom. The summed E-state index contributed by atoms with van der Waals surface area (Å²) in [5.74, 6) is 0.192. The van der Waals surface area contributed by atoms with Crippen molar-refractivity contribution >= 4 is 17.5 Å². The third-order valence-electron chi connectivity index (χ3n) is 6.47. The smallest absolute Gasteiger partial charge is 0.265 e. The number of benzene rings is 3. The van der Waals surface area contributed by atoms with Crippen molar-refractivity contribution in [1.82, 2.24) is 10.2 Å². The second kappa shape index (κ2) is 10.1. The molecule has 0 atom stereocenters. The molecule has 0 saturated carbocycles. The number of carbonyl (C=O) groups excluding carboxylic acids is 2. The minimum Gasteiger partial charge on any atom is -0.482 e.